The standard InChI is InChI=1S/C18H27N5O/c1-18(10-6-12-24-18)13-21-17(19-2)20-11-5-9-16-22-14-7-3-4-8-15(14)23-16/h3-4,7-8H,5-6,9-13H2,1-2H3,(H,22,23)(H2,19,20,21). The molecule has 1 aliphatic heterocycles. The number of benzene rings is 1. The molecule has 1 saturated heterocycles. The molecule has 1 fully saturated rings. The lowest BCUT2D eigenvalue weighted by atomic mass is 10.0. The summed E-state index contributed by atoms with van der Waals surface area (Å²) in [4.78, 5) is 12.2. The summed E-state index contributed by atoms with van der Waals surface area (Å²) in [5.74, 6) is 1.86. The zero-order valence-corrected chi connectivity index (χ0v) is 14.6. The number of ether oxygens (including phenoxy) is 1. The van der Waals surface area contributed by atoms with Gasteiger partial charge in [-0.15, -0.1) is 0 Å². The fourth-order valence-corrected chi connectivity index (χ4v) is 3.05. The second-order valence-electron chi connectivity index (χ2n) is 6.56. The van der Waals surface area contributed by atoms with Crippen LogP contribution in [0.5, 0.6) is 0 Å². The predicted octanol–water partition coefficient (Wildman–Crippen LogP) is 2.23. The van der Waals surface area contributed by atoms with Crippen molar-refractivity contribution in [1.29, 1.82) is 0 Å². The fraction of sp³-hybridized carbons (Fsp3) is 0.556. The number of rotatable bonds is 6. The number of hydrogen-bond acceptors (Lipinski definition) is 3. The molecular formula is C18H27N5O. The predicted molar refractivity (Wildman–Crippen MR) is 97.4 cm³/mol. The molecule has 6 heteroatoms. The molecule has 24 heavy (non-hydrogen) atoms. The van der Waals surface area contributed by atoms with Crippen LogP contribution in [-0.4, -0.2) is 48.3 Å². The highest BCUT2D eigenvalue weighted by Crippen LogP contribution is 2.23. The maximum atomic E-state index is 5.79. The number of nitrogens with one attached hydrogen (secondary N) is 3. The molecule has 2 heterocycles. The van der Waals surface area contributed by atoms with Crippen LogP contribution in [0, 0.1) is 0 Å². The molecule has 130 valence electrons. The number of nitrogens with zero attached hydrogens (tertiary/aromatic N) is 2. The van der Waals surface area contributed by atoms with E-state index in [0.29, 0.717) is 0 Å². The highest BCUT2D eigenvalue weighted by Gasteiger charge is 2.29. The Bertz CT molecular complexity index is 655. The Morgan fingerprint density at radius 2 is 2.25 bits per heavy atom. The molecule has 1 unspecified atom stereocenters. The molecule has 6 nitrogen and oxygen atoms in total. The van der Waals surface area contributed by atoms with Gasteiger partial charge in [0.25, 0.3) is 0 Å². The number of aryl methyl sites for hydroxylation is 1. The van der Waals surface area contributed by atoms with E-state index in [9.17, 15) is 0 Å². The molecule has 0 amide bonds. The summed E-state index contributed by atoms with van der Waals surface area (Å²) in [5.41, 5.74) is 2.07. The lowest BCUT2D eigenvalue weighted by Crippen LogP contribution is -2.45. The summed E-state index contributed by atoms with van der Waals surface area (Å²) in [6, 6.07) is 8.13. The van der Waals surface area contributed by atoms with Crippen molar-refractivity contribution in [3.63, 3.8) is 0 Å². The van der Waals surface area contributed by atoms with Crippen molar-refractivity contribution >= 4 is 17.0 Å². The van der Waals surface area contributed by atoms with Crippen LogP contribution in [0.1, 0.15) is 32.0 Å². The van der Waals surface area contributed by atoms with Gasteiger partial charge in [-0.25, -0.2) is 4.98 Å². The number of aliphatic imine (C=N–C) groups is 1. The largest absolute Gasteiger partial charge is 0.373 e. The molecule has 1 aromatic heterocycles. The number of para-hydroxylation sites is 2. The number of fused-ring (bicyclic) bond motifs is 1. The lowest BCUT2D eigenvalue weighted by Gasteiger charge is -2.24. The van der Waals surface area contributed by atoms with Gasteiger partial charge in [0.15, 0.2) is 5.96 Å². The molecule has 1 atom stereocenters. The summed E-state index contributed by atoms with van der Waals surface area (Å²) in [5, 5.41) is 6.72. The number of aromatic amines is 1. The van der Waals surface area contributed by atoms with Gasteiger partial charge in [0, 0.05) is 33.2 Å². The van der Waals surface area contributed by atoms with Crippen molar-refractivity contribution in [2.45, 2.75) is 38.2 Å². The molecule has 3 N–H and O–H groups in total. The summed E-state index contributed by atoms with van der Waals surface area (Å²) in [6.07, 6.45) is 4.15. The summed E-state index contributed by atoms with van der Waals surface area (Å²) >= 11 is 0. The maximum Gasteiger partial charge on any atom is 0.191 e. The highest BCUT2D eigenvalue weighted by atomic mass is 16.5. The van der Waals surface area contributed by atoms with Gasteiger partial charge < -0.3 is 20.4 Å². The molecule has 0 saturated carbocycles. The van der Waals surface area contributed by atoms with Crippen LogP contribution in [0.2, 0.25) is 0 Å². The number of aromatic nitrogens is 2. The smallest absolute Gasteiger partial charge is 0.191 e. The molecule has 2 aromatic rings. The van der Waals surface area contributed by atoms with Crippen molar-refractivity contribution in [3.8, 4) is 0 Å². The topological polar surface area (TPSA) is 74.3 Å². The Morgan fingerprint density at radius 1 is 1.38 bits per heavy atom. The van der Waals surface area contributed by atoms with E-state index in [1.807, 2.05) is 18.2 Å². The van der Waals surface area contributed by atoms with Gasteiger partial charge in [0.1, 0.15) is 5.82 Å². The first-order valence-electron chi connectivity index (χ1n) is 8.71. The van der Waals surface area contributed by atoms with E-state index in [1.165, 1.54) is 0 Å². The fourth-order valence-electron chi connectivity index (χ4n) is 3.05. The number of H-pyrrole nitrogens is 1. The van der Waals surface area contributed by atoms with E-state index in [-0.39, 0.29) is 5.60 Å². The Kier molecular flexibility index (Phi) is 5.35. The third-order valence-electron chi connectivity index (χ3n) is 4.48. The van der Waals surface area contributed by atoms with Gasteiger partial charge in [-0.1, -0.05) is 12.1 Å². The first kappa shape index (κ1) is 16.8. The third kappa shape index (κ3) is 4.26. The summed E-state index contributed by atoms with van der Waals surface area (Å²) < 4.78 is 5.79. The third-order valence-corrected chi connectivity index (χ3v) is 4.48. The van der Waals surface area contributed by atoms with Crippen molar-refractivity contribution in [1.82, 2.24) is 20.6 Å². The van der Waals surface area contributed by atoms with Gasteiger partial charge in [-0.3, -0.25) is 4.99 Å². The first-order chi connectivity index (χ1) is 11.7. The highest BCUT2D eigenvalue weighted by molar-refractivity contribution is 5.79. The Labute approximate surface area is 143 Å². The van der Waals surface area contributed by atoms with Crippen LogP contribution >= 0.6 is 0 Å². The van der Waals surface area contributed by atoms with Gasteiger partial charge >= 0.3 is 0 Å². The van der Waals surface area contributed by atoms with Crippen LogP contribution in [0.3, 0.4) is 0 Å². The van der Waals surface area contributed by atoms with Gasteiger partial charge in [0.05, 0.1) is 16.6 Å². The van der Waals surface area contributed by atoms with Crippen molar-refractivity contribution in [2.75, 3.05) is 26.7 Å². The molecular weight excluding hydrogens is 302 g/mol. The first-order valence-corrected chi connectivity index (χ1v) is 8.71. The minimum Gasteiger partial charge on any atom is -0.373 e. The maximum absolute atomic E-state index is 5.79. The SMILES string of the molecule is CN=C(NCCCc1nc2ccccc2[nH]1)NCC1(C)CCCO1. The Morgan fingerprint density at radius 3 is 3.00 bits per heavy atom. The average Bonchev–Trinajstić information content (AvgIpc) is 3.20. The monoisotopic (exact) mass is 329 g/mol. The average molecular weight is 329 g/mol. The van der Waals surface area contributed by atoms with Gasteiger partial charge in [-0.05, 0) is 38.3 Å². The van der Waals surface area contributed by atoms with Crippen LogP contribution in [0.25, 0.3) is 11.0 Å². The molecule has 1 aromatic carbocycles. The van der Waals surface area contributed by atoms with Crippen LogP contribution in [0.15, 0.2) is 29.3 Å². The van der Waals surface area contributed by atoms with E-state index in [4.69, 9.17) is 4.74 Å². The zero-order valence-electron chi connectivity index (χ0n) is 14.6. The quantitative estimate of drug-likeness (QED) is 0.432. The Hall–Kier alpha value is -2.08. The minimum atomic E-state index is -0.0636. The minimum absolute atomic E-state index is 0.0636. The number of guanidine groups is 1. The lowest BCUT2D eigenvalue weighted by molar-refractivity contribution is 0.0243. The number of imidazole rings is 1. The molecule has 1 aliphatic rings. The van der Waals surface area contributed by atoms with Crippen LogP contribution in [0.4, 0.5) is 0 Å². The van der Waals surface area contributed by atoms with E-state index in [0.717, 1.165) is 68.2 Å². The molecule has 0 radical (unpaired) electrons. The van der Waals surface area contributed by atoms with E-state index < -0.39 is 0 Å². The van der Waals surface area contributed by atoms with Gasteiger partial charge in [0.2, 0.25) is 0 Å². The second kappa shape index (κ2) is 7.66. The van der Waals surface area contributed by atoms with E-state index in [2.05, 4.69) is 38.6 Å². The number of hydrogen-bond donors (Lipinski definition) is 3. The molecule has 0 spiro atoms. The van der Waals surface area contributed by atoms with Gasteiger partial charge in [-0.2, -0.15) is 0 Å². The van der Waals surface area contributed by atoms with E-state index >= 15 is 0 Å². The van der Waals surface area contributed by atoms with Crippen LogP contribution < -0.4 is 10.6 Å². The second-order valence-corrected chi connectivity index (χ2v) is 6.56. The summed E-state index contributed by atoms with van der Waals surface area (Å²) in [6.45, 7) is 4.66. The summed E-state index contributed by atoms with van der Waals surface area (Å²) in [7, 11) is 1.80. The van der Waals surface area contributed by atoms with Crippen molar-refractivity contribution in [3.05, 3.63) is 30.1 Å². The Balaban J connectivity index is 1.39. The molecule has 3 rings (SSSR count). The zero-order chi connectivity index (χ0) is 16.8. The van der Waals surface area contributed by atoms with E-state index in [1.54, 1.807) is 7.05 Å². The molecule has 0 bridgehead atoms. The van der Waals surface area contributed by atoms with Crippen LogP contribution in [-0.2, 0) is 11.2 Å². The van der Waals surface area contributed by atoms with Crippen molar-refractivity contribution in [2.24, 2.45) is 4.99 Å². The van der Waals surface area contributed by atoms with Crippen molar-refractivity contribution < 1.29 is 4.74 Å². The normalized spacial score (nSPS) is 21.3. The molecule has 0 aliphatic carbocycles.